The minimum atomic E-state index is -0.968. The van der Waals surface area contributed by atoms with Crippen LogP contribution in [-0.2, 0) is 0 Å². The molecule has 1 N–H and O–H groups in total. The molecular weight excluding hydrogens is 313 g/mol. The van der Waals surface area contributed by atoms with Crippen LogP contribution in [0.3, 0.4) is 0 Å². The summed E-state index contributed by atoms with van der Waals surface area (Å²) in [5, 5.41) is 13.7. The molecule has 0 spiro atoms. The number of carbonyl (C=O) groups is 1. The highest BCUT2D eigenvalue weighted by Gasteiger charge is 2.20. The van der Waals surface area contributed by atoms with Gasteiger partial charge in [0.15, 0.2) is 0 Å². The third kappa shape index (κ3) is 4.36. The van der Waals surface area contributed by atoms with Crippen LogP contribution in [-0.4, -0.2) is 36.4 Å². The number of rotatable bonds is 6. The molecule has 1 atom stereocenters. The minimum absolute atomic E-state index is 0.0442. The van der Waals surface area contributed by atoms with Crippen molar-refractivity contribution in [2.75, 3.05) is 20.6 Å². The number of halogens is 1. The van der Waals surface area contributed by atoms with Gasteiger partial charge in [0, 0.05) is 18.2 Å². The number of nitro groups is 1. The van der Waals surface area contributed by atoms with Crippen molar-refractivity contribution in [3.05, 3.63) is 75.6 Å². The Morgan fingerprint density at radius 2 is 1.92 bits per heavy atom. The lowest BCUT2D eigenvalue weighted by molar-refractivity contribution is -0.387. The lowest BCUT2D eigenvalue weighted by atomic mass is 10.1. The molecule has 0 radical (unpaired) electrons. The Bertz CT molecular complexity index is 735. The van der Waals surface area contributed by atoms with Gasteiger partial charge in [-0.25, -0.2) is 0 Å². The molecule has 0 fully saturated rings. The van der Waals surface area contributed by atoms with Gasteiger partial charge in [-0.3, -0.25) is 14.9 Å². The van der Waals surface area contributed by atoms with Gasteiger partial charge in [0.1, 0.15) is 0 Å². The predicted octanol–water partition coefficient (Wildman–Crippen LogP) is 2.77. The molecule has 2 aromatic rings. The summed E-state index contributed by atoms with van der Waals surface area (Å²) in [7, 11) is 3.76. The number of amides is 1. The van der Waals surface area contributed by atoms with Gasteiger partial charge in [-0.1, -0.05) is 30.3 Å². The van der Waals surface area contributed by atoms with Crippen molar-refractivity contribution >= 4 is 11.6 Å². The summed E-state index contributed by atoms with van der Waals surface area (Å²) in [5.41, 5.74) is 0.241. The van der Waals surface area contributed by atoms with Gasteiger partial charge in [-0.2, -0.15) is 4.39 Å². The first-order chi connectivity index (χ1) is 11.4. The van der Waals surface area contributed by atoms with Gasteiger partial charge in [0.05, 0.1) is 11.0 Å². The second-order valence-electron chi connectivity index (χ2n) is 5.62. The van der Waals surface area contributed by atoms with Crippen LogP contribution in [0.5, 0.6) is 0 Å². The van der Waals surface area contributed by atoms with E-state index in [1.165, 1.54) is 6.07 Å². The number of hydrogen-bond acceptors (Lipinski definition) is 4. The first-order valence-electron chi connectivity index (χ1n) is 7.33. The molecule has 7 heteroatoms. The fraction of sp³-hybridized carbons (Fsp3) is 0.235. The summed E-state index contributed by atoms with van der Waals surface area (Å²) in [4.78, 5) is 24.3. The van der Waals surface area contributed by atoms with E-state index in [2.05, 4.69) is 5.32 Å². The van der Waals surface area contributed by atoms with Crippen LogP contribution in [0.2, 0.25) is 0 Å². The van der Waals surface area contributed by atoms with Crippen molar-refractivity contribution in [2.24, 2.45) is 0 Å². The van der Waals surface area contributed by atoms with E-state index in [9.17, 15) is 19.3 Å². The van der Waals surface area contributed by atoms with Crippen LogP contribution in [0.1, 0.15) is 22.0 Å². The Balaban J connectivity index is 2.25. The summed E-state index contributed by atoms with van der Waals surface area (Å²) in [5.74, 6) is -1.46. The Labute approximate surface area is 139 Å². The second-order valence-corrected chi connectivity index (χ2v) is 5.62. The molecule has 2 rings (SSSR count). The van der Waals surface area contributed by atoms with Crippen molar-refractivity contribution < 1.29 is 14.1 Å². The monoisotopic (exact) mass is 331 g/mol. The molecule has 0 saturated carbocycles. The zero-order chi connectivity index (χ0) is 17.7. The molecule has 2 aromatic carbocycles. The predicted molar refractivity (Wildman–Crippen MR) is 88.3 cm³/mol. The summed E-state index contributed by atoms with van der Waals surface area (Å²) in [6, 6.07) is 12.2. The largest absolute Gasteiger partial charge is 0.344 e. The zero-order valence-electron chi connectivity index (χ0n) is 13.4. The Morgan fingerprint density at radius 3 is 2.50 bits per heavy atom. The van der Waals surface area contributed by atoms with Crippen molar-refractivity contribution in [3.8, 4) is 0 Å². The Morgan fingerprint density at radius 1 is 1.25 bits per heavy atom. The molecule has 1 amide bonds. The number of nitrogens with zero attached hydrogens (tertiary/aromatic N) is 2. The standard InChI is InChI=1S/C17H18FN3O3/c1-20(2)11-15(12-6-4-3-5-7-12)19-17(22)13-8-9-14(18)16(10-13)21(23)24/h3-10,15H,11H2,1-2H3,(H,19,22)/t15-/m1/s1. The van der Waals surface area contributed by atoms with Gasteiger partial charge in [0.2, 0.25) is 5.82 Å². The third-order valence-electron chi connectivity index (χ3n) is 3.46. The Kier molecular flexibility index (Phi) is 5.59. The first-order valence-corrected chi connectivity index (χ1v) is 7.33. The van der Waals surface area contributed by atoms with Crippen molar-refractivity contribution in [1.29, 1.82) is 0 Å². The number of nitrogens with one attached hydrogen (secondary N) is 1. The third-order valence-corrected chi connectivity index (χ3v) is 3.46. The average Bonchev–Trinajstić information content (AvgIpc) is 2.54. The molecule has 0 aromatic heterocycles. The van der Waals surface area contributed by atoms with Crippen molar-refractivity contribution in [2.45, 2.75) is 6.04 Å². The summed E-state index contributed by atoms with van der Waals surface area (Å²) in [6.45, 7) is 0.555. The molecule has 0 aliphatic heterocycles. The molecule has 0 unspecified atom stereocenters. The molecule has 126 valence electrons. The molecule has 0 aliphatic carbocycles. The topological polar surface area (TPSA) is 75.5 Å². The van der Waals surface area contributed by atoms with E-state index in [0.717, 1.165) is 17.7 Å². The second kappa shape index (κ2) is 7.65. The SMILES string of the molecule is CN(C)C[C@@H](NC(=O)c1ccc(F)c([N+](=O)[O-])c1)c1ccccc1. The summed E-state index contributed by atoms with van der Waals surface area (Å²) >= 11 is 0. The highest BCUT2D eigenvalue weighted by Crippen LogP contribution is 2.20. The van der Waals surface area contributed by atoms with E-state index in [1.54, 1.807) is 0 Å². The van der Waals surface area contributed by atoms with Crippen LogP contribution < -0.4 is 5.32 Å². The van der Waals surface area contributed by atoms with Gasteiger partial charge < -0.3 is 10.2 Å². The van der Waals surface area contributed by atoms with Gasteiger partial charge in [-0.05, 0) is 31.8 Å². The maximum absolute atomic E-state index is 13.4. The lowest BCUT2D eigenvalue weighted by Gasteiger charge is -2.23. The van der Waals surface area contributed by atoms with E-state index in [0.29, 0.717) is 6.54 Å². The first kappa shape index (κ1) is 17.6. The fourth-order valence-corrected chi connectivity index (χ4v) is 2.32. The lowest BCUT2D eigenvalue weighted by Crippen LogP contribution is -2.35. The average molecular weight is 331 g/mol. The highest BCUT2D eigenvalue weighted by atomic mass is 19.1. The molecule has 0 saturated heterocycles. The Hall–Kier alpha value is -2.80. The van der Waals surface area contributed by atoms with E-state index in [-0.39, 0.29) is 11.6 Å². The number of hydrogen-bond donors (Lipinski definition) is 1. The maximum atomic E-state index is 13.4. The number of carbonyl (C=O) groups excluding carboxylic acids is 1. The van der Waals surface area contributed by atoms with Crippen molar-refractivity contribution in [3.63, 3.8) is 0 Å². The number of benzene rings is 2. The van der Waals surface area contributed by atoms with Gasteiger partial charge in [-0.15, -0.1) is 0 Å². The smallest absolute Gasteiger partial charge is 0.305 e. The van der Waals surface area contributed by atoms with Crippen LogP contribution >= 0.6 is 0 Å². The maximum Gasteiger partial charge on any atom is 0.305 e. The van der Waals surface area contributed by atoms with E-state index < -0.39 is 22.3 Å². The van der Waals surface area contributed by atoms with Crippen LogP contribution in [0.15, 0.2) is 48.5 Å². The van der Waals surface area contributed by atoms with Gasteiger partial charge in [0.25, 0.3) is 5.91 Å². The van der Waals surface area contributed by atoms with Crippen LogP contribution in [0, 0.1) is 15.9 Å². The summed E-state index contributed by atoms with van der Waals surface area (Å²) in [6.07, 6.45) is 0. The molecule has 0 bridgehead atoms. The van der Waals surface area contributed by atoms with Gasteiger partial charge >= 0.3 is 5.69 Å². The van der Waals surface area contributed by atoms with E-state index >= 15 is 0 Å². The van der Waals surface area contributed by atoms with E-state index in [4.69, 9.17) is 0 Å². The summed E-state index contributed by atoms with van der Waals surface area (Å²) < 4.78 is 13.4. The molecule has 0 heterocycles. The molecule has 24 heavy (non-hydrogen) atoms. The normalized spacial score (nSPS) is 12.0. The zero-order valence-corrected chi connectivity index (χ0v) is 13.4. The van der Waals surface area contributed by atoms with Crippen LogP contribution in [0.25, 0.3) is 0 Å². The molecule has 6 nitrogen and oxygen atoms in total. The molecule has 0 aliphatic rings. The molecular formula is C17H18FN3O3. The van der Waals surface area contributed by atoms with Crippen molar-refractivity contribution in [1.82, 2.24) is 10.2 Å². The fourth-order valence-electron chi connectivity index (χ4n) is 2.32. The quantitative estimate of drug-likeness (QED) is 0.652. The minimum Gasteiger partial charge on any atom is -0.344 e. The van der Waals surface area contributed by atoms with Crippen LogP contribution in [0.4, 0.5) is 10.1 Å². The van der Waals surface area contributed by atoms with E-state index in [1.807, 2.05) is 49.3 Å². The number of nitro benzene ring substituents is 1. The highest BCUT2D eigenvalue weighted by molar-refractivity contribution is 5.95. The number of likely N-dealkylation sites (N-methyl/N-ethyl adjacent to an activating group) is 1.